The van der Waals surface area contributed by atoms with Crippen molar-refractivity contribution in [2.75, 3.05) is 20.1 Å². The lowest BCUT2D eigenvalue weighted by Crippen LogP contribution is -2.47. The van der Waals surface area contributed by atoms with Gasteiger partial charge in [-0.3, -0.25) is 9.69 Å². The maximum absolute atomic E-state index is 12.2. The van der Waals surface area contributed by atoms with Crippen LogP contribution < -0.4 is 5.32 Å². The summed E-state index contributed by atoms with van der Waals surface area (Å²) in [7, 11) is 2.03. The van der Waals surface area contributed by atoms with Gasteiger partial charge in [-0.05, 0) is 45.0 Å². The maximum Gasteiger partial charge on any atom is 0.237 e. The van der Waals surface area contributed by atoms with Crippen molar-refractivity contribution in [3.05, 3.63) is 24.3 Å². The van der Waals surface area contributed by atoms with Crippen LogP contribution >= 0.6 is 0 Å². The largest absolute Gasteiger partial charge is 0.355 e. The Balaban J connectivity index is 1.46. The number of piperidine rings is 1. The van der Waals surface area contributed by atoms with Gasteiger partial charge in [-0.15, -0.1) is 5.10 Å². The van der Waals surface area contributed by atoms with Crippen molar-refractivity contribution < 1.29 is 4.79 Å². The number of hydrogen-bond acceptors (Lipinski definition) is 4. The molecule has 1 N–H and O–H groups in total. The predicted molar refractivity (Wildman–Crippen MR) is 85.4 cm³/mol. The van der Waals surface area contributed by atoms with Crippen LogP contribution in [0.4, 0.5) is 0 Å². The number of para-hydroxylation sites is 1. The van der Waals surface area contributed by atoms with Crippen LogP contribution in [0.1, 0.15) is 25.7 Å². The predicted octanol–water partition coefficient (Wildman–Crippen LogP) is 1.42. The summed E-state index contributed by atoms with van der Waals surface area (Å²) in [5, 5.41) is 11.3. The van der Waals surface area contributed by atoms with Gasteiger partial charge in [-0.25, -0.2) is 4.68 Å². The molecular formula is C16H23N5O. The van der Waals surface area contributed by atoms with Gasteiger partial charge in [0.05, 0.1) is 11.6 Å². The van der Waals surface area contributed by atoms with Gasteiger partial charge in [0.2, 0.25) is 5.91 Å². The van der Waals surface area contributed by atoms with Crippen LogP contribution in [-0.4, -0.2) is 52.0 Å². The minimum atomic E-state index is 0.0425. The fourth-order valence-electron chi connectivity index (χ4n) is 3.05. The second-order valence-corrected chi connectivity index (χ2v) is 5.94. The number of aryl methyl sites for hydroxylation is 1. The number of nitrogens with one attached hydrogen (secondary N) is 1. The first kappa shape index (κ1) is 15.0. The molecule has 1 aliphatic rings. The van der Waals surface area contributed by atoms with Crippen LogP contribution in [0.2, 0.25) is 0 Å². The van der Waals surface area contributed by atoms with Crippen LogP contribution in [0.3, 0.4) is 0 Å². The van der Waals surface area contributed by atoms with E-state index in [0.29, 0.717) is 6.54 Å². The van der Waals surface area contributed by atoms with Crippen molar-refractivity contribution in [2.24, 2.45) is 0 Å². The highest BCUT2D eigenvalue weighted by molar-refractivity contribution is 5.81. The number of rotatable bonds is 5. The molecule has 1 aromatic heterocycles. The summed E-state index contributed by atoms with van der Waals surface area (Å²) in [5.41, 5.74) is 1.95. The normalized spacial score (nSPS) is 19.4. The number of amides is 1. The molecule has 22 heavy (non-hydrogen) atoms. The highest BCUT2D eigenvalue weighted by Crippen LogP contribution is 2.15. The van der Waals surface area contributed by atoms with Gasteiger partial charge in [0, 0.05) is 13.1 Å². The molecule has 1 aromatic carbocycles. The number of carbonyl (C=O) groups excluding carboxylic acids is 1. The van der Waals surface area contributed by atoms with Crippen molar-refractivity contribution in [3.63, 3.8) is 0 Å². The summed E-state index contributed by atoms with van der Waals surface area (Å²) in [6.07, 6.45) is 4.17. The molecule has 1 saturated heterocycles. The fraction of sp³-hybridized carbons (Fsp3) is 0.562. The van der Waals surface area contributed by atoms with Crippen LogP contribution in [-0.2, 0) is 11.3 Å². The molecule has 118 valence electrons. The molecule has 0 saturated carbocycles. The average Bonchev–Trinajstić information content (AvgIpc) is 2.95. The third kappa shape index (κ3) is 3.27. The number of nitrogens with zero attached hydrogens (tertiary/aromatic N) is 4. The van der Waals surface area contributed by atoms with Gasteiger partial charge < -0.3 is 5.32 Å². The lowest BCUT2D eigenvalue weighted by atomic mass is 10.0. The van der Waals surface area contributed by atoms with Gasteiger partial charge in [0.1, 0.15) is 5.52 Å². The van der Waals surface area contributed by atoms with E-state index < -0.39 is 0 Å². The Kier molecular flexibility index (Phi) is 4.68. The zero-order chi connectivity index (χ0) is 15.4. The van der Waals surface area contributed by atoms with Gasteiger partial charge in [0.25, 0.3) is 0 Å². The van der Waals surface area contributed by atoms with E-state index in [0.717, 1.165) is 43.4 Å². The number of benzene rings is 1. The Morgan fingerprint density at radius 1 is 1.36 bits per heavy atom. The zero-order valence-electron chi connectivity index (χ0n) is 13.0. The maximum atomic E-state index is 12.2. The van der Waals surface area contributed by atoms with Crippen LogP contribution in [0.15, 0.2) is 24.3 Å². The Morgan fingerprint density at radius 2 is 2.23 bits per heavy atom. The topological polar surface area (TPSA) is 63.1 Å². The second-order valence-electron chi connectivity index (χ2n) is 5.94. The van der Waals surface area contributed by atoms with Gasteiger partial charge in [-0.1, -0.05) is 23.8 Å². The molecular weight excluding hydrogens is 278 g/mol. The Labute approximate surface area is 130 Å². The minimum absolute atomic E-state index is 0.0425. The minimum Gasteiger partial charge on any atom is -0.355 e. The molecule has 3 rings (SSSR count). The van der Waals surface area contributed by atoms with E-state index in [2.05, 4.69) is 20.5 Å². The summed E-state index contributed by atoms with van der Waals surface area (Å²) in [4.78, 5) is 14.4. The fourth-order valence-corrected chi connectivity index (χ4v) is 3.05. The highest BCUT2D eigenvalue weighted by atomic mass is 16.2. The molecule has 0 unspecified atom stereocenters. The summed E-state index contributed by atoms with van der Waals surface area (Å²) in [6.45, 7) is 2.46. The second kappa shape index (κ2) is 6.87. The van der Waals surface area contributed by atoms with Crippen molar-refractivity contribution >= 4 is 16.9 Å². The lowest BCUT2D eigenvalue weighted by molar-refractivity contribution is -0.127. The molecule has 6 heteroatoms. The summed E-state index contributed by atoms with van der Waals surface area (Å²) >= 11 is 0. The molecule has 1 aliphatic heterocycles. The number of fused-ring (bicyclic) bond motifs is 1. The Bertz CT molecular complexity index is 638. The third-order valence-electron chi connectivity index (χ3n) is 4.34. The van der Waals surface area contributed by atoms with E-state index in [1.165, 1.54) is 6.42 Å². The first-order valence-corrected chi connectivity index (χ1v) is 8.02. The Morgan fingerprint density at radius 3 is 3.09 bits per heavy atom. The molecule has 1 fully saturated rings. The lowest BCUT2D eigenvalue weighted by Gasteiger charge is -2.31. The van der Waals surface area contributed by atoms with Crippen molar-refractivity contribution in [3.8, 4) is 0 Å². The van der Waals surface area contributed by atoms with Crippen molar-refractivity contribution in [1.82, 2.24) is 25.2 Å². The number of hydrogen-bond donors (Lipinski definition) is 1. The standard InChI is InChI=1S/C16H23N5O/c1-20-11-5-4-9-15(20)16(22)17-10-6-12-21-14-8-3-2-7-13(14)18-19-21/h2-3,7-8,15H,4-6,9-12H2,1H3,(H,17,22)/t15-/m0/s1. The van der Waals surface area contributed by atoms with Gasteiger partial charge >= 0.3 is 0 Å². The monoisotopic (exact) mass is 301 g/mol. The van der Waals surface area contributed by atoms with E-state index in [9.17, 15) is 4.79 Å². The van der Waals surface area contributed by atoms with Crippen LogP contribution in [0, 0.1) is 0 Å². The van der Waals surface area contributed by atoms with Crippen LogP contribution in [0.25, 0.3) is 11.0 Å². The summed E-state index contributed by atoms with van der Waals surface area (Å²) < 4.78 is 1.90. The number of likely N-dealkylation sites (N-methyl/N-ethyl adjacent to an activating group) is 1. The SMILES string of the molecule is CN1CCCC[C@H]1C(=O)NCCCn1nnc2ccccc21. The van der Waals surface area contributed by atoms with E-state index in [1.807, 2.05) is 36.0 Å². The molecule has 0 spiro atoms. The summed E-state index contributed by atoms with van der Waals surface area (Å²) in [5.74, 6) is 0.158. The van der Waals surface area contributed by atoms with E-state index in [1.54, 1.807) is 0 Å². The molecule has 6 nitrogen and oxygen atoms in total. The van der Waals surface area contributed by atoms with E-state index >= 15 is 0 Å². The molecule has 2 aromatic rings. The molecule has 1 atom stereocenters. The van der Waals surface area contributed by atoms with Gasteiger partial charge in [0.15, 0.2) is 0 Å². The van der Waals surface area contributed by atoms with Crippen molar-refractivity contribution in [1.29, 1.82) is 0 Å². The first-order valence-electron chi connectivity index (χ1n) is 8.02. The Hall–Kier alpha value is -1.95. The molecule has 0 bridgehead atoms. The highest BCUT2D eigenvalue weighted by Gasteiger charge is 2.25. The smallest absolute Gasteiger partial charge is 0.237 e. The number of carbonyl (C=O) groups is 1. The third-order valence-corrected chi connectivity index (χ3v) is 4.34. The molecule has 0 aliphatic carbocycles. The van der Waals surface area contributed by atoms with Crippen molar-refractivity contribution in [2.45, 2.75) is 38.3 Å². The quantitative estimate of drug-likeness (QED) is 0.849. The molecule has 0 radical (unpaired) electrons. The number of likely N-dealkylation sites (tertiary alicyclic amines) is 1. The zero-order valence-corrected chi connectivity index (χ0v) is 13.0. The molecule has 2 heterocycles. The first-order chi connectivity index (χ1) is 10.8. The van der Waals surface area contributed by atoms with E-state index in [4.69, 9.17) is 0 Å². The summed E-state index contributed by atoms with van der Waals surface area (Å²) in [6, 6.07) is 7.97. The number of aromatic nitrogens is 3. The average molecular weight is 301 g/mol. The van der Waals surface area contributed by atoms with Crippen LogP contribution in [0.5, 0.6) is 0 Å². The van der Waals surface area contributed by atoms with E-state index in [-0.39, 0.29) is 11.9 Å². The molecule has 1 amide bonds. The van der Waals surface area contributed by atoms with Gasteiger partial charge in [-0.2, -0.15) is 0 Å².